The molecule has 0 radical (unpaired) electrons. The van der Waals surface area contributed by atoms with Crippen LogP contribution in [0.3, 0.4) is 0 Å². The fraction of sp³-hybridized carbons (Fsp3) is 1.00. The van der Waals surface area contributed by atoms with E-state index in [4.69, 9.17) is 10.5 Å². The SMILES string of the molecule is CC.CC1COCCN(C)C1N. The second-order valence-corrected chi connectivity index (χ2v) is 3.02. The molecule has 2 unspecified atom stereocenters. The van der Waals surface area contributed by atoms with E-state index in [1.54, 1.807) is 0 Å². The second-order valence-electron chi connectivity index (χ2n) is 3.02. The fourth-order valence-corrected chi connectivity index (χ4v) is 1.16. The van der Waals surface area contributed by atoms with Crippen LogP contribution in [0.25, 0.3) is 0 Å². The van der Waals surface area contributed by atoms with Gasteiger partial charge in [0.1, 0.15) is 0 Å². The van der Waals surface area contributed by atoms with Crippen molar-refractivity contribution in [2.24, 2.45) is 11.7 Å². The quantitative estimate of drug-likeness (QED) is 0.593. The zero-order valence-corrected chi connectivity index (χ0v) is 8.71. The van der Waals surface area contributed by atoms with Gasteiger partial charge in [-0.15, -0.1) is 0 Å². The summed E-state index contributed by atoms with van der Waals surface area (Å²) in [6, 6.07) is 0. The maximum atomic E-state index is 5.87. The maximum Gasteiger partial charge on any atom is 0.0618 e. The highest BCUT2D eigenvalue weighted by Crippen LogP contribution is 2.08. The van der Waals surface area contributed by atoms with Crippen molar-refractivity contribution >= 4 is 0 Å². The van der Waals surface area contributed by atoms with Gasteiger partial charge in [0.25, 0.3) is 0 Å². The summed E-state index contributed by atoms with van der Waals surface area (Å²) in [5.41, 5.74) is 5.87. The van der Waals surface area contributed by atoms with Crippen LogP contribution in [-0.4, -0.2) is 37.9 Å². The Hall–Kier alpha value is -0.120. The number of rotatable bonds is 0. The Morgan fingerprint density at radius 1 is 1.42 bits per heavy atom. The van der Waals surface area contributed by atoms with E-state index in [0.29, 0.717) is 5.92 Å². The molecular weight excluding hydrogens is 152 g/mol. The predicted octanol–water partition coefficient (Wildman–Crippen LogP) is 0.895. The molecule has 0 aromatic heterocycles. The lowest BCUT2D eigenvalue weighted by molar-refractivity contribution is 0.123. The van der Waals surface area contributed by atoms with Crippen LogP contribution in [0.4, 0.5) is 0 Å². The van der Waals surface area contributed by atoms with E-state index in [9.17, 15) is 0 Å². The Labute approximate surface area is 75.9 Å². The van der Waals surface area contributed by atoms with Crippen LogP contribution >= 0.6 is 0 Å². The Morgan fingerprint density at radius 2 is 2.00 bits per heavy atom. The lowest BCUT2D eigenvalue weighted by Crippen LogP contribution is -2.44. The molecule has 1 rings (SSSR count). The van der Waals surface area contributed by atoms with Crippen molar-refractivity contribution in [1.82, 2.24) is 4.90 Å². The molecule has 1 saturated heterocycles. The van der Waals surface area contributed by atoms with Gasteiger partial charge in [0.2, 0.25) is 0 Å². The van der Waals surface area contributed by atoms with Gasteiger partial charge in [0.15, 0.2) is 0 Å². The van der Waals surface area contributed by atoms with E-state index in [-0.39, 0.29) is 6.17 Å². The van der Waals surface area contributed by atoms with Gasteiger partial charge in [-0.1, -0.05) is 20.8 Å². The summed E-state index contributed by atoms with van der Waals surface area (Å²) in [4.78, 5) is 2.14. The molecule has 1 heterocycles. The van der Waals surface area contributed by atoms with E-state index in [1.165, 1.54) is 0 Å². The van der Waals surface area contributed by atoms with Gasteiger partial charge in [0.05, 0.1) is 19.4 Å². The first kappa shape index (κ1) is 11.9. The fourth-order valence-electron chi connectivity index (χ4n) is 1.16. The minimum absolute atomic E-state index is 0.169. The first-order valence-electron chi connectivity index (χ1n) is 4.75. The molecule has 12 heavy (non-hydrogen) atoms. The average Bonchev–Trinajstić information content (AvgIpc) is 2.24. The van der Waals surface area contributed by atoms with Gasteiger partial charge in [-0.3, -0.25) is 4.90 Å². The number of nitrogens with two attached hydrogens (primary N) is 1. The highest BCUT2D eigenvalue weighted by atomic mass is 16.5. The van der Waals surface area contributed by atoms with E-state index in [0.717, 1.165) is 19.8 Å². The number of likely N-dealkylation sites (N-methyl/N-ethyl adjacent to an activating group) is 1. The number of hydrogen-bond acceptors (Lipinski definition) is 3. The van der Waals surface area contributed by atoms with Crippen molar-refractivity contribution in [2.45, 2.75) is 26.9 Å². The molecule has 0 spiro atoms. The third kappa shape index (κ3) is 3.52. The molecule has 2 atom stereocenters. The van der Waals surface area contributed by atoms with Crippen molar-refractivity contribution in [1.29, 1.82) is 0 Å². The van der Waals surface area contributed by atoms with E-state index >= 15 is 0 Å². The Balaban J connectivity index is 0.000000561. The van der Waals surface area contributed by atoms with Crippen molar-refractivity contribution in [2.75, 3.05) is 26.8 Å². The van der Waals surface area contributed by atoms with E-state index in [1.807, 2.05) is 20.9 Å². The molecular formula is C9H22N2O. The molecule has 0 aromatic rings. The molecule has 3 nitrogen and oxygen atoms in total. The van der Waals surface area contributed by atoms with Crippen molar-refractivity contribution in [3.8, 4) is 0 Å². The molecule has 74 valence electrons. The Kier molecular flexibility index (Phi) is 6.34. The molecule has 0 saturated carbocycles. The molecule has 0 amide bonds. The predicted molar refractivity (Wildman–Crippen MR) is 51.9 cm³/mol. The smallest absolute Gasteiger partial charge is 0.0618 e. The molecule has 1 fully saturated rings. The van der Waals surface area contributed by atoms with Crippen LogP contribution in [-0.2, 0) is 4.74 Å². The summed E-state index contributed by atoms with van der Waals surface area (Å²) in [5, 5.41) is 0. The van der Waals surface area contributed by atoms with Gasteiger partial charge >= 0.3 is 0 Å². The number of nitrogens with zero attached hydrogens (tertiary/aromatic N) is 1. The van der Waals surface area contributed by atoms with E-state index < -0.39 is 0 Å². The topological polar surface area (TPSA) is 38.5 Å². The molecule has 2 N–H and O–H groups in total. The number of hydrogen-bond donors (Lipinski definition) is 1. The summed E-state index contributed by atoms with van der Waals surface area (Å²) >= 11 is 0. The van der Waals surface area contributed by atoms with Gasteiger partial charge in [0, 0.05) is 12.5 Å². The van der Waals surface area contributed by atoms with Gasteiger partial charge in [-0.25, -0.2) is 0 Å². The average molecular weight is 174 g/mol. The summed E-state index contributed by atoms with van der Waals surface area (Å²) in [6.07, 6.45) is 0.169. The highest BCUT2D eigenvalue weighted by molar-refractivity contribution is 4.70. The minimum Gasteiger partial charge on any atom is -0.380 e. The van der Waals surface area contributed by atoms with Crippen LogP contribution in [0.5, 0.6) is 0 Å². The lowest BCUT2D eigenvalue weighted by atomic mass is 10.1. The summed E-state index contributed by atoms with van der Waals surface area (Å²) in [5.74, 6) is 0.451. The lowest BCUT2D eigenvalue weighted by Gasteiger charge is -2.24. The van der Waals surface area contributed by atoms with Gasteiger partial charge in [-0.05, 0) is 7.05 Å². The zero-order valence-electron chi connectivity index (χ0n) is 8.71. The van der Waals surface area contributed by atoms with Crippen LogP contribution in [0.1, 0.15) is 20.8 Å². The third-order valence-corrected chi connectivity index (χ3v) is 2.06. The molecule has 3 heteroatoms. The van der Waals surface area contributed by atoms with Crippen molar-refractivity contribution in [3.63, 3.8) is 0 Å². The monoisotopic (exact) mass is 174 g/mol. The first-order chi connectivity index (χ1) is 5.72. The van der Waals surface area contributed by atoms with Crippen molar-refractivity contribution in [3.05, 3.63) is 0 Å². The van der Waals surface area contributed by atoms with Crippen LogP contribution in [0, 0.1) is 5.92 Å². The molecule has 0 aliphatic carbocycles. The Bertz CT molecular complexity index is 96.7. The maximum absolute atomic E-state index is 5.87. The summed E-state index contributed by atoms with van der Waals surface area (Å²) < 4.78 is 5.33. The molecule has 0 aromatic carbocycles. The Morgan fingerprint density at radius 3 is 2.58 bits per heavy atom. The zero-order chi connectivity index (χ0) is 9.56. The van der Waals surface area contributed by atoms with Crippen LogP contribution in [0.2, 0.25) is 0 Å². The normalized spacial score (nSPS) is 31.8. The van der Waals surface area contributed by atoms with Crippen LogP contribution < -0.4 is 5.73 Å². The van der Waals surface area contributed by atoms with Gasteiger partial charge < -0.3 is 10.5 Å². The summed E-state index contributed by atoms with van der Waals surface area (Å²) in [6.45, 7) is 8.68. The van der Waals surface area contributed by atoms with E-state index in [2.05, 4.69) is 11.8 Å². The molecule has 1 aliphatic heterocycles. The first-order valence-corrected chi connectivity index (χ1v) is 4.75. The molecule has 1 aliphatic rings. The minimum atomic E-state index is 0.169. The van der Waals surface area contributed by atoms with Crippen LogP contribution in [0.15, 0.2) is 0 Å². The largest absolute Gasteiger partial charge is 0.380 e. The second kappa shape index (κ2) is 6.40. The van der Waals surface area contributed by atoms with Crippen molar-refractivity contribution < 1.29 is 4.74 Å². The third-order valence-electron chi connectivity index (χ3n) is 2.06. The standard InChI is InChI=1S/C7H16N2O.C2H6/c1-6-5-10-4-3-9(2)7(6)8;1-2/h6-7H,3-5,8H2,1-2H3;1-2H3. The van der Waals surface area contributed by atoms with Gasteiger partial charge in [-0.2, -0.15) is 0 Å². The summed E-state index contributed by atoms with van der Waals surface area (Å²) in [7, 11) is 2.04. The number of ether oxygens (including phenoxy) is 1. The highest BCUT2D eigenvalue weighted by Gasteiger charge is 2.20. The molecule has 0 bridgehead atoms.